The van der Waals surface area contributed by atoms with Crippen molar-refractivity contribution >= 4 is 5.91 Å². The number of aromatic nitrogens is 4. The number of aromatic amines is 1. The lowest BCUT2D eigenvalue weighted by atomic mass is 10.0. The number of aryl methyl sites for hydroxylation is 1. The van der Waals surface area contributed by atoms with Gasteiger partial charge >= 0.3 is 5.69 Å². The molecule has 2 aromatic rings. The normalized spacial score (nSPS) is 18.6. The average Bonchev–Trinajstić information content (AvgIpc) is 3.18. The Bertz CT molecular complexity index is 814. The van der Waals surface area contributed by atoms with Crippen molar-refractivity contribution in [2.75, 3.05) is 19.8 Å². The smallest absolute Gasteiger partial charge is 0.343 e. The molecule has 1 N–H and O–H groups in total. The van der Waals surface area contributed by atoms with Crippen LogP contribution in [-0.2, 0) is 24.8 Å². The van der Waals surface area contributed by atoms with E-state index >= 15 is 0 Å². The standard InChI is InChI=1S/C15H19N5O4/c1-19-15(22)17-12(18-19)14(21)20-5-2-11-10(8-20)16-13(24-11)9-3-6-23-7-4-9/h9H,2-8H2,1H3,(H,17,18,22). The molecule has 0 unspecified atom stereocenters. The van der Waals surface area contributed by atoms with E-state index in [1.54, 1.807) is 4.90 Å². The number of oxazole rings is 1. The highest BCUT2D eigenvalue weighted by Gasteiger charge is 2.30. The van der Waals surface area contributed by atoms with Crippen molar-refractivity contribution in [3.8, 4) is 0 Å². The molecule has 1 amide bonds. The highest BCUT2D eigenvalue weighted by Crippen LogP contribution is 2.30. The molecule has 0 radical (unpaired) electrons. The molecule has 0 bridgehead atoms. The predicted octanol–water partition coefficient (Wildman–Crippen LogP) is 0.189. The summed E-state index contributed by atoms with van der Waals surface area (Å²) in [4.78, 5) is 32.6. The van der Waals surface area contributed by atoms with Crippen LogP contribution in [0.4, 0.5) is 0 Å². The fraction of sp³-hybridized carbons (Fsp3) is 0.600. The van der Waals surface area contributed by atoms with E-state index in [9.17, 15) is 9.59 Å². The molecule has 0 atom stereocenters. The van der Waals surface area contributed by atoms with Crippen molar-refractivity contribution < 1.29 is 13.9 Å². The molecule has 0 saturated carbocycles. The van der Waals surface area contributed by atoms with Gasteiger partial charge in [-0.25, -0.2) is 14.5 Å². The zero-order valence-corrected chi connectivity index (χ0v) is 13.4. The van der Waals surface area contributed by atoms with Crippen LogP contribution in [0.5, 0.6) is 0 Å². The lowest BCUT2D eigenvalue weighted by Crippen LogP contribution is -2.36. The summed E-state index contributed by atoms with van der Waals surface area (Å²) in [6.45, 7) is 2.36. The highest BCUT2D eigenvalue weighted by molar-refractivity contribution is 5.90. The van der Waals surface area contributed by atoms with E-state index in [-0.39, 0.29) is 11.7 Å². The summed E-state index contributed by atoms with van der Waals surface area (Å²) in [5.41, 5.74) is 0.397. The van der Waals surface area contributed by atoms with Crippen LogP contribution < -0.4 is 5.69 Å². The van der Waals surface area contributed by atoms with Crippen LogP contribution in [0.3, 0.4) is 0 Å². The molecule has 9 heteroatoms. The van der Waals surface area contributed by atoms with Crippen LogP contribution in [0.25, 0.3) is 0 Å². The van der Waals surface area contributed by atoms with Crippen molar-refractivity contribution in [3.05, 3.63) is 33.7 Å². The SMILES string of the molecule is Cn1nc(C(=O)N2CCc3oc(C4CCOCC4)nc3C2)[nH]c1=O. The summed E-state index contributed by atoms with van der Waals surface area (Å²) in [7, 11) is 1.50. The minimum Gasteiger partial charge on any atom is -0.445 e. The molecule has 0 spiro atoms. The molecule has 9 nitrogen and oxygen atoms in total. The number of rotatable bonds is 2. The fourth-order valence-electron chi connectivity index (χ4n) is 3.16. The molecule has 1 saturated heterocycles. The van der Waals surface area contributed by atoms with E-state index in [1.165, 1.54) is 7.05 Å². The quantitative estimate of drug-likeness (QED) is 0.841. The van der Waals surface area contributed by atoms with Crippen molar-refractivity contribution in [1.82, 2.24) is 24.6 Å². The Balaban J connectivity index is 1.52. The molecule has 2 aromatic heterocycles. The maximum absolute atomic E-state index is 12.5. The number of nitrogens with one attached hydrogen (secondary N) is 1. The predicted molar refractivity (Wildman–Crippen MR) is 81.6 cm³/mol. The Hall–Kier alpha value is -2.42. The minimum absolute atomic E-state index is 0.0547. The molecule has 0 aromatic carbocycles. The second kappa shape index (κ2) is 5.90. The second-order valence-corrected chi connectivity index (χ2v) is 6.19. The van der Waals surface area contributed by atoms with Crippen LogP contribution in [0.2, 0.25) is 0 Å². The van der Waals surface area contributed by atoms with Gasteiger partial charge < -0.3 is 14.1 Å². The van der Waals surface area contributed by atoms with Gasteiger partial charge in [-0.15, -0.1) is 5.10 Å². The number of hydrogen-bond donors (Lipinski definition) is 1. The van der Waals surface area contributed by atoms with Crippen LogP contribution >= 0.6 is 0 Å². The molecule has 2 aliphatic heterocycles. The van der Waals surface area contributed by atoms with Crippen LogP contribution in [0, 0.1) is 0 Å². The maximum Gasteiger partial charge on any atom is 0.343 e. The van der Waals surface area contributed by atoms with Gasteiger partial charge in [0.1, 0.15) is 11.5 Å². The number of H-pyrrole nitrogens is 1. The molecule has 4 heterocycles. The molecule has 24 heavy (non-hydrogen) atoms. The number of hydrogen-bond acceptors (Lipinski definition) is 6. The van der Waals surface area contributed by atoms with Gasteiger partial charge in [0.2, 0.25) is 5.82 Å². The number of amides is 1. The lowest BCUT2D eigenvalue weighted by Gasteiger charge is -2.24. The van der Waals surface area contributed by atoms with Crippen LogP contribution in [0.1, 0.15) is 46.7 Å². The van der Waals surface area contributed by atoms with Gasteiger partial charge in [-0.05, 0) is 12.8 Å². The third kappa shape index (κ3) is 2.64. The van der Waals surface area contributed by atoms with E-state index in [0.29, 0.717) is 25.4 Å². The number of ether oxygens (including phenoxy) is 1. The lowest BCUT2D eigenvalue weighted by molar-refractivity contribution is 0.0713. The van der Waals surface area contributed by atoms with Crippen LogP contribution in [-0.4, -0.2) is 50.3 Å². The molecule has 128 valence electrons. The number of fused-ring (bicyclic) bond motifs is 1. The first-order valence-electron chi connectivity index (χ1n) is 8.10. The Kier molecular flexibility index (Phi) is 3.72. The maximum atomic E-state index is 12.5. The highest BCUT2D eigenvalue weighted by atomic mass is 16.5. The van der Waals surface area contributed by atoms with E-state index < -0.39 is 5.69 Å². The third-order valence-corrected chi connectivity index (χ3v) is 4.57. The topological polar surface area (TPSA) is 106 Å². The Morgan fingerprint density at radius 2 is 2.12 bits per heavy atom. The van der Waals surface area contributed by atoms with Crippen molar-refractivity contribution in [1.29, 1.82) is 0 Å². The summed E-state index contributed by atoms with van der Waals surface area (Å²) in [5.74, 6) is 1.66. The summed E-state index contributed by atoms with van der Waals surface area (Å²) in [6, 6.07) is 0. The first-order chi connectivity index (χ1) is 11.6. The minimum atomic E-state index is -0.403. The summed E-state index contributed by atoms with van der Waals surface area (Å²) < 4.78 is 12.4. The van der Waals surface area contributed by atoms with Gasteiger partial charge in [0.15, 0.2) is 5.89 Å². The zero-order valence-electron chi connectivity index (χ0n) is 13.4. The van der Waals surface area contributed by atoms with Gasteiger partial charge in [0.25, 0.3) is 5.91 Å². The van der Waals surface area contributed by atoms with E-state index in [1.807, 2.05) is 0 Å². The third-order valence-electron chi connectivity index (χ3n) is 4.57. The van der Waals surface area contributed by atoms with Crippen molar-refractivity contribution in [3.63, 3.8) is 0 Å². The van der Waals surface area contributed by atoms with Gasteiger partial charge in [0.05, 0.1) is 6.54 Å². The van der Waals surface area contributed by atoms with Gasteiger partial charge in [0, 0.05) is 39.1 Å². The average molecular weight is 333 g/mol. The fourth-order valence-corrected chi connectivity index (χ4v) is 3.16. The van der Waals surface area contributed by atoms with Gasteiger partial charge in [-0.3, -0.25) is 9.78 Å². The summed E-state index contributed by atoms with van der Waals surface area (Å²) in [5, 5.41) is 3.92. The van der Waals surface area contributed by atoms with Crippen molar-refractivity contribution in [2.45, 2.75) is 31.7 Å². The zero-order chi connectivity index (χ0) is 16.7. The first kappa shape index (κ1) is 15.1. The second-order valence-electron chi connectivity index (χ2n) is 6.19. The molecule has 0 aliphatic carbocycles. The Morgan fingerprint density at radius 3 is 2.83 bits per heavy atom. The van der Waals surface area contributed by atoms with E-state index in [4.69, 9.17) is 9.15 Å². The molecular formula is C15H19N5O4. The Labute approximate surface area is 137 Å². The van der Waals surface area contributed by atoms with E-state index in [0.717, 1.165) is 48.1 Å². The first-order valence-corrected chi connectivity index (χ1v) is 8.10. The van der Waals surface area contributed by atoms with Gasteiger partial charge in [-0.1, -0.05) is 0 Å². The Morgan fingerprint density at radius 1 is 1.33 bits per heavy atom. The van der Waals surface area contributed by atoms with E-state index in [2.05, 4.69) is 15.1 Å². The largest absolute Gasteiger partial charge is 0.445 e. The molecular weight excluding hydrogens is 314 g/mol. The molecule has 4 rings (SSSR count). The van der Waals surface area contributed by atoms with Crippen LogP contribution in [0.15, 0.2) is 9.21 Å². The van der Waals surface area contributed by atoms with Crippen molar-refractivity contribution in [2.24, 2.45) is 7.05 Å². The number of carbonyl (C=O) groups excluding carboxylic acids is 1. The van der Waals surface area contributed by atoms with Gasteiger partial charge in [-0.2, -0.15) is 0 Å². The number of carbonyl (C=O) groups is 1. The summed E-state index contributed by atoms with van der Waals surface area (Å²) in [6.07, 6.45) is 2.45. The monoisotopic (exact) mass is 333 g/mol. The number of nitrogens with zero attached hydrogens (tertiary/aromatic N) is 4. The molecule has 1 fully saturated rings. The summed E-state index contributed by atoms with van der Waals surface area (Å²) >= 11 is 0. The molecule has 2 aliphatic rings.